The van der Waals surface area contributed by atoms with Crippen molar-refractivity contribution in [2.45, 2.75) is 0 Å². The lowest BCUT2D eigenvalue weighted by Crippen LogP contribution is -1.96. The molecule has 0 N–H and O–H groups in total. The average molecular weight is 729 g/mol. The molecule has 0 aliphatic rings. The third-order valence-electron chi connectivity index (χ3n) is 10.4. The van der Waals surface area contributed by atoms with Crippen molar-refractivity contribution in [1.29, 1.82) is 5.26 Å². The van der Waals surface area contributed by atoms with Gasteiger partial charge in [-0.3, -0.25) is 4.98 Å². The summed E-state index contributed by atoms with van der Waals surface area (Å²) >= 11 is 0. The monoisotopic (exact) mass is 728 g/mol. The molecule has 3 aromatic heterocycles. The molecule has 57 heavy (non-hydrogen) atoms. The maximum absolute atomic E-state index is 9.49. The molecular formula is C52H32N4O. The largest absolute Gasteiger partial charge is 0.456 e. The first-order chi connectivity index (χ1) is 28.1. The first-order valence-corrected chi connectivity index (χ1v) is 18.8. The third kappa shape index (κ3) is 6.62. The van der Waals surface area contributed by atoms with E-state index in [2.05, 4.69) is 121 Å². The maximum atomic E-state index is 9.49. The van der Waals surface area contributed by atoms with Gasteiger partial charge in [-0.1, -0.05) is 127 Å². The zero-order valence-corrected chi connectivity index (χ0v) is 30.7. The van der Waals surface area contributed by atoms with E-state index in [1.165, 1.54) is 5.56 Å². The van der Waals surface area contributed by atoms with Crippen LogP contribution in [0.15, 0.2) is 199 Å². The van der Waals surface area contributed by atoms with Crippen LogP contribution >= 0.6 is 0 Å². The van der Waals surface area contributed by atoms with Crippen LogP contribution < -0.4 is 0 Å². The molecule has 0 bridgehead atoms. The van der Waals surface area contributed by atoms with Gasteiger partial charge in [0, 0.05) is 44.8 Å². The van der Waals surface area contributed by atoms with Gasteiger partial charge in [-0.15, -0.1) is 0 Å². The van der Waals surface area contributed by atoms with E-state index in [4.69, 9.17) is 19.4 Å². The Hall–Kier alpha value is -7.94. The fraction of sp³-hybridized carbons (Fsp3) is 0. The highest BCUT2D eigenvalue weighted by Crippen LogP contribution is 2.38. The van der Waals surface area contributed by atoms with Crippen molar-refractivity contribution in [3.05, 3.63) is 200 Å². The second-order valence-corrected chi connectivity index (χ2v) is 14.0. The van der Waals surface area contributed by atoms with E-state index in [1.54, 1.807) is 6.07 Å². The summed E-state index contributed by atoms with van der Waals surface area (Å²) in [5.74, 6) is 0.650. The van der Waals surface area contributed by atoms with Gasteiger partial charge in [-0.2, -0.15) is 5.26 Å². The third-order valence-corrected chi connectivity index (χ3v) is 10.4. The number of fused-ring (bicyclic) bond motifs is 3. The minimum absolute atomic E-state index is 0.567. The molecule has 0 saturated heterocycles. The Morgan fingerprint density at radius 3 is 1.54 bits per heavy atom. The minimum atomic E-state index is 0.567. The summed E-state index contributed by atoms with van der Waals surface area (Å²) in [6.45, 7) is 0. The first-order valence-electron chi connectivity index (χ1n) is 18.8. The Kier molecular flexibility index (Phi) is 8.48. The molecule has 0 spiro atoms. The van der Waals surface area contributed by atoms with Crippen LogP contribution in [0.3, 0.4) is 0 Å². The number of benzene rings is 7. The lowest BCUT2D eigenvalue weighted by molar-refractivity contribution is 0.669. The molecule has 0 saturated carbocycles. The van der Waals surface area contributed by atoms with E-state index in [9.17, 15) is 5.26 Å². The van der Waals surface area contributed by atoms with Crippen LogP contribution in [0.1, 0.15) is 5.56 Å². The van der Waals surface area contributed by atoms with E-state index in [1.807, 2.05) is 72.9 Å². The zero-order valence-electron chi connectivity index (χ0n) is 30.7. The normalized spacial score (nSPS) is 11.1. The molecule has 0 atom stereocenters. The van der Waals surface area contributed by atoms with Crippen LogP contribution in [0.2, 0.25) is 0 Å². The summed E-state index contributed by atoms with van der Waals surface area (Å²) < 4.78 is 6.33. The van der Waals surface area contributed by atoms with Crippen LogP contribution in [0.4, 0.5) is 0 Å². The van der Waals surface area contributed by atoms with E-state index in [0.717, 1.165) is 83.5 Å². The number of hydrogen-bond acceptors (Lipinski definition) is 5. The number of pyridine rings is 1. The summed E-state index contributed by atoms with van der Waals surface area (Å²) in [4.78, 5) is 15.2. The van der Waals surface area contributed by atoms with Gasteiger partial charge >= 0.3 is 0 Å². The summed E-state index contributed by atoms with van der Waals surface area (Å²) in [7, 11) is 0. The Labute approximate surface area is 329 Å². The van der Waals surface area contributed by atoms with Gasteiger partial charge in [-0.05, 0) is 88.5 Å². The number of aromatic nitrogens is 3. The van der Waals surface area contributed by atoms with Gasteiger partial charge in [0.25, 0.3) is 0 Å². The Bertz CT molecular complexity index is 3100. The Morgan fingerprint density at radius 1 is 0.368 bits per heavy atom. The van der Waals surface area contributed by atoms with Crippen molar-refractivity contribution < 1.29 is 4.42 Å². The molecule has 7 aromatic carbocycles. The minimum Gasteiger partial charge on any atom is -0.456 e. The highest BCUT2D eigenvalue weighted by atomic mass is 16.3. The molecule has 3 heterocycles. The summed E-state index contributed by atoms with van der Waals surface area (Å²) in [6.07, 6.45) is 1.94. The second-order valence-electron chi connectivity index (χ2n) is 14.0. The molecule has 10 aromatic rings. The van der Waals surface area contributed by atoms with Crippen LogP contribution in [0, 0.1) is 11.3 Å². The molecule has 5 nitrogen and oxygen atoms in total. The number of rotatable bonds is 7. The van der Waals surface area contributed by atoms with Gasteiger partial charge in [0.1, 0.15) is 11.2 Å². The highest BCUT2D eigenvalue weighted by molar-refractivity contribution is 6.06. The summed E-state index contributed by atoms with van der Waals surface area (Å²) in [6, 6.07) is 66.2. The molecule has 10 rings (SSSR count). The highest BCUT2D eigenvalue weighted by Gasteiger charge is 2.16. The van der Waals surface area contributed by atoms with Crippen LogP contribution in [-0.2, 0) is 0 Å². The maximum Gasteiger partial charge on any atom is 0.160 e. The van der Waals surface area contributed by atoms with E-state index in [0.29, 0.717) is 17.0 Å². The second kappa shape index (κ2) is 14.4. The van der Waals surface area contributed by atoms with Gasteiger partial charge in [0.15, 0.2) is 5.82 Å². The molecule has 266 valence electrons. The zero-order chi connectivity index (χ0) is 38.1. The molecule has 0 fully saturated rings. The van der Waals surface area contributed by atoms with Crippen LogP contribution in [-0.4, -0.2) is 15.0 Å². The average Bonchev–Trinajstić information content (AvgIpc) is 3.67. The number of furan rings is 1. The summed E-state index contributed by atoms with van der Waals surface area (Å²) in [5.41, 5.74) is 14.8. The molecule has 0 aliphatic carbocycles. The molecule has 0 aliphatic heterocycles. The molecule has 0 amide bonds. The standard InChI is InChI=1S/C52H32N4O/c53-32-34-16-23-45-46-24-21-40(30-51(46)57-50(45)26-34)42-27-43(41-22-25-47(54-33-41)37-12-6-2-7-13-37)29-44(28-42)49-31-48(55-52(56-49)39-14-8-3-9-15-39)38-19-17-36(18-20-38)35-10-4-1-5-11-35/h1-31,33H. The molecule has 5 heteroatoms. The van der Waals surface area contributed by atoms with Gasteiger partial charge < -0.3 is 4.42 Å². The number of nitrogens with zero attached hydrogens (tertiary/aromatic N) is 4. The van der Waals surface area contributed by atoms with Crippen molar-refractivity contribution in [3.8, 4) is 84.6 Å². The van der Waals surface area contributed by atoms with E-state index >= 15 is 0 Å². The van der Waals surface area contributed by atoms with Crippen LogP contribution in [0.5, 0.6) is 0 Å². The van der Waals surface area contributed by atoms with Crippen molar-refractivity contribution in [3.63, 3.8) is 0 Å². The SMILES string of the molecule is N#Cc1ccc2c(c1)oc1cc(-c3cc(-c4ccc(-c5ccccc5)nc4)cc(-c4cc(-c5ccc(-c6ccccc6)cc5)nc(-c5ccccc5)n4)c3)ccc12. The van der Waals surface area contributed by atoms with E-state index < -0.39 is 0 Å². The number of nitriles is 1. The molecular weight excluding hydrogens is 697 g/mol. The van der Waals surface area contributed by atoms with Crippen LogP contribution in [0.25, 0.3) is 100 Å². The van der Waals surface area contributed by atoms with Gasteiger partial charge in [0.05, 0.1) is 28.7 Å². The van der Waals surface area contributed by atoms with Gasteiger partial charge in [0.2, 0.25) is 0 Å². The Balaban J connectivity index is 1.13. The predicted octanol–water partition coefficient (Wildman–Crippen LogP) is 13.3. The smallest absolute Gasteiger partial charge is 0.160 e. The van der Waals surface area contributed by atoms with Crippen molar-refractivity contribution in [2.24, 2.45) is 0 Å². The Morgan fingerprint density at radius 2 is 0.877 bits per heavy atom. The lowest BCUT2D eigenvalue weighted by atomic mass is 9.94. The fourth-order valence-corrected chi connectivity index (χ4v) is 7.40. The molecule has 0 unspecified atom stereocenters. The van der Waals surface area contributed by atoms with E-state index in [-0.39, 0.29) is 0 Å². The number of hydrogen-bond donors (Lipinski definition) is 0. The van der Waals surface area contributed by atoms with Crippen molar-refractivity contribution >= 4 is 21.9 Å². The fourth-order valence-electron chi connectivity index (χ4n) is 7.40. The topological polar surface area (TPSA) is 75.6 Å². The quantitative estimate of drug-likeness (QED) is 0.163. The van der Waals surface area contributed by atoms with Crippen molar-refractivity contribution in [1.82, 2.24) is 15.0 Å². The first kappa shape index (κ1) is 33.6. The van der Waals surface area contributed by atoms with Gasteiger partial charge in [-0.25, -0.2) is 9.97 Å². The summed E-state index contributed by atoms with van der Waals surface area (Å²) in [5, 5.41) is 11.5. The predicted molar refractivity (Wildman–Crippen MR) is 230 cm³/mol. The van der Waals surface area contributed by atoms with Crippen molar-refractivity contribution in [2.75, 3.05) is 0 Å². The lowest BCUT2D eigenvalue weighted by Gasteiger charge is -2.14. The molecule has 0 radical (unpaired) electrons.